The Morgan fingerprint density at radius 2 is 1.96 bits per heavy atom. The lowest BCUT2D eigenvalue weighted by molar-refractivity contribution is 0.0524. The molecule has 0 radical (unpaired) electrons. The molecule has 1 heterocycles. The van der Waals surface area contributed by atoms with E-state index in [1.165, 1.54) is 61.9 Å². The molecule has 4 rings (SSSR count). The molecular formula is C23H30ClNO. The second-order valence-electron chi connectivity index (χ2n) is 8.11. The van der Waals surface area contributed by atoms with Gasteiger partial charge in [0.15, 0.2) is 0 Å². The SMILES string of the molecule is Cc1cccc(CCN2CC[C@]3(c4cccc(O)c4)CCC[C@H]2C3)c1.Cl. The summed E-state index contributed by atoms with van der Waals surface area (Å²) in [6.07, 6.45) is 7.54. The number of hydrogen-bond donors (Lipinski definition) is 1. The van der Waals surface area contributed by atoms with Gasteiger partial charge >= 0.3 is 0 Å². The number of rotatable bonds is 4. The number of phenolic OH excluding ortho intramolecular Hbond substituents is 1. The van der Waals surface area contributed by atoms with Gasteiger partial charge in [-0.2, -0.15) is 0 Å². The van der Waals surface area contributed by atoms with E-state index in [1.54, 1.807) is 6.07 Å². The first-order valence-electron chi connectivity index (χ1n) is 9.74. The van der Waals surface area contributed by atoms with Crippen LogP contribution in [-0.2, 0) is 11.8 Å². The molecule has 2 fully saturated rings. The van der Waals surface area contributed by atoms with Gasteiger partial charge in [-0.3, -0.25) is 4.90 Å². The molecule has 1 aliphatic carbocycles. The highest BCUT2D eigenvalue weighted by molar-refractivity contribution is 5.85. The highest BCUT2D eigenvalue weighted by Crippen LogP contribution is 2.47. The minimum Gasteiger partial charge on any atom is -0.508 e. The van der Waals surface area contributed by atoms with Gasteiger partial charge in [-0.1, -0.05) is 48.4 Å². The lowest BCUT2D eigenvalue weighted by Crippen LogP contribution is -2.52. The van der Waals surface area contributed by atoms with E-state index in [1.807, 2.05) is 12.1 Å². The van der Waals surface area contributed by atoms with Crippen LogP contribution in [0.2, 0.25) is 0 Å². The van der Waals surface area contributed by atoms with Gasteiger partial charge in [-0.15, -0.1) is 12.4 Å². The first kappa shape index (κ1) is 19.3. The Hall–Kier alpha value is -1.51. The van der Waals surface area contributed by atoms with Crippen molar-refractivity contribution in [3.8, 4) is 5.75 Å². The summed E-state index contributed by atoms with van der Waals surface area (Å²) in [5.41, 5.74) is 4.47. The number of aryl methyl sites for hydroxylation is 1. The molecule has 2 nitrogen and oxygen atoms in total. The predicted octanol–water partition coefficient (Wildman–Crippen LogP) is 5.25. The number of nitrogens with zero attached hydrogens (tertiary/aromatic N) is 1. The molecule has 3 heteroatoms. The Bertz CT molecular complexity index is 746. The van der Waals surface area contributed by atoms with Crippen LogP contribution in [0.3, 0.4) is 0 Å². The van der Waals surface area contributed by atoms with Crippen LogP contribution < -0.4 is 0 Å². The van der Waals surface area contributed by atoms with Crippen LogP contribution in [0.15, 0.2) is 48.5 Å². The zero-order valence-corrected chi connectivity index (χ0v) is 16.5. The van der Waals surface area contributed by atoms with Gasteiger partial charge < -0.3 is 5.11 Å². The smallest absolute Gasteiger partial charge is 0.115 e. The molecule has 1 saturated heterocycles. The quantitative estimate of drug-likeness (QED) is 0.793. The van der Waals surface area contributed by atoms with Crippen molar-refractivity contribution in [2.75, 3.05) is 13.1 Å². The van der Waals surface area contributed by atoms with Crippen LogP contribution in [0.4, 0.5) is 0 Å². The van der Waals surface area contributed by atoms with E-state index in [0.717, 1.165) is 6.42 Å². The molecule has 140 valence electrons. The molecule has 2 bridgehead atoms. The van der Waals surface area contributed by atoms with Crippen LogP contribution in [0.1, 0.15) is 48.8 Å². The summed E-state index contributed by atoms with van der Waals surface area (Å²) in [5, 5.41) is 9.91. The minimum atomic E-state index is 0. The molecule has 0 spiro atoms. The Kier molecular flexibility index (Phi) is 5.94. The van der Waals surface area contributed by atoms with Crippen molar-refractivity contribution >= 4 is 12.4 Å². The fourth-order valence-corrected chi connectivity index (χ4v) is 5.09. The Balaban J connectivity index is 0.00000196. The molecule has 0 amide bonds. The largest absolute Gasteiger partial charge is 0.508 e. The first-order chi connectivity index (χ1) is 12.1. The summed E-state index contributed by atoms with van der Waals surface area (Å²) in [6.45, 7) is 4.53. The summed E-state index contributed by atoms with van der Waals surface area (Å²) < 4.78 is 0. The lowest BCUT2D eigenvalue weighted by atomic mass is 9.63. The maximum atomic E-state index is 9.91. The van der Waals surface area contributed by atoms with Crippen molar-refractivity contribution in [1.82, 2.24) is 4.90 Å². The Morgan fingerprint density at radius 1 is 1.12 bits per heavy atom. The van der Waals surface area contributed by atoms with Crippen molar-refractivity contribution in [3.63, 3.8) is 0 Å². The minimum absolute atomic E-state index is 0. The van der Waals surface area contributed by atoms with E-state index in [9.17, 15) is 5.11 Å². The van der Waals surface area contributed by atoms with Crippen LogP contribution >= 0.6 is 12.4 Å². The summed E-state index contributed by atoms with van der Waals surface area (Å²) >= 11 is 0. The monoisotopic (exact) mass is 371 g/mol. The molecule has 2 atom stereocenters. The van der Waals surface area contributed by atoms with Gasteiger partial charge in [0.05, 0.1) is 0 Å². The third-order valence-electron chi connectivity index (χ3n) is 6.44. The summed E-state index contributed by atoms with van der Waals surface area (Å²) in [6, 6.07) is 17.7. The average molecular weight is 372 g/mol. The van der Waals surface area contributed by atoms with Crippen molar-refractivity contribution in [2.45, 2.75) is 56.9 Å². The normalized spacial score (nSPS) is 25.5. The number of fused-ring (bicyclic) bond motifs is 2. The number of benzene rings is 2. The van der Waals surface area contributed by atoms with E-state index < -0.39 is 0 Å². The fraction of sp³-hybridized carbons (Fsp3) is 0.478. The second kappa shape index (κ2) is 8.02. The zero-order chi connectivity index (χ0) is 17.3. The molecule has 2 aromatic carbocycles. The van der Waals surface area contributed by atoms with Crippen molar-refractivity contribution in [3.05, 3.63) is 65.2 Å². The second-order valence-corrected chi connectivity index (χ2v) is 8.11. The first-order valence-corrected chi connectivity index (χ1v) is 9.74. The number of likely N-dealkylation sites (tertiary alicyclic amines) is 1. The predicted molar refractivity (Wildman–Crippen MR) is 110 cm³/mol. The topological polar surface area (TPSA) is 23.5 Å². The van der Waals surface area contributed by atoms with Gasteiger partial charge in [-0.05, 0) is 74.2 Å². The van der Waals surface area contributed by atoms with Gasteiger partial charge in [0, 0.05) is 12.6 Å². The molecule has 2 aliphatic rings. The number of halogens is 1. The Morgan fingerprint density at radius 3 is 2.77 bits per heavy atom. The fourth-order valence-electron chi connectivity index (χ4n) is 5.09. The highest BCUT2D eigenvalue weighted by atomic mass is 35.5. The zero-order valence-electron chi connectivity index (χ0n) is 15.7. The third-order valence-corrected chi connectivity index (χ3v) is 6.44. The number of phenols is 1. The van der Waals surface area contributed by atoms with Crippen LogP contribution in [0.25, 0.3) is 0 Å². The standard InChI is InChI=1S/C23H29NO.ClH/c1-18-5-2-6-19(15-18)10-13-24-14-12-23(11-4-8-21(24)17-23)20-7-3-9-22(25)16-20;/h2-3,5-7,9,15-16,21,25H,4,8,10-14,17H2,1H3;1H/t21-,23+;/m0./s1. The van der Waals surface area contributed by atoms with Crippen molar-refractivity contribution in [1.29, 1.82) is 0 Å². The van der Waals surface area contributed by atoms with Crippen molar-refractivity contribution < 1.29 is 5.11 Å². The molecule has 1 saturated carbocycles. The number of piperidine rings is 1. The summed E-state index contributed by atoms with van der Waals surface area (Å²) in [4.78, 5) is 2.72. The Labute approximate surface area is 163 Å². The molecule has 26 heavy (non-hydrogen) atoms. The van der Waals surface area contributed by atoms with Gasteiger partial charge in [0.2, 0.25) is 0 Å². The highest BCUT2D eigenvalue weighted by Gasteiger charge is 2.43. The van der Waals surface area contributed by atoms with Gasteiger partial charge in [-0.25, -0.2) is 0 Å². The van der Waals surface area contributed by atoms with E-state index in [-0.39, 0.29) is 12.4 Å². The number of hydrogen-bond acceptors (Lipinski definition) is 2. The molecule has 1 N–H and O–H groups in total. The molecule has 1 aliphatic heterocycles. The average Bonchev–Trinajstić information content (AvgIpc) is 2.61. The van der Waals surface area contributed by atoms with Crippen molar-refractivity contribution in [2.24, 2.45) is 0 Å². The summed E-state index contributed by atoms with van der Waals surface area (Å²) in [5.74, 6) is 0.413. The van der Waals surface area contributed by atoms with E-state index in [2.05, 4.69) is 42.2 Å². The molecular weight excluding hydrogens is 342 g/mol. The van der Waals surface area contributed by atoms with Crippen LogP contribution in [-0.4, -0.2) is 29.1 Å². The van der Waals surface area contributed by atoms with Crippen LogP contribution in [0, 0.1) is 6.92 Å². The molecule has 0 unspecified atom stereocenters. The summed E-state index contributed by atoms with van der Waals surface area (Å²) in [7, 11) is 0. The molecule has 2 aromatic rings. The van der Waals surface area contributed by atoms with E-state index in [0.29, 0.717) is 17.2 Å². The van der Waals surface area contributed by atoms with E-state index >= 15 is 0 Å². The van der Waals surface area contributed by atoms with Gasteiger partial charge in [0.25, 0.3) is 0 Å². The number of aromatic hydroxyl groups is 1. The lowest BCUT2D eigenvalue weighted by Gasteiger charge is -2.51. The maximum Gasteiger partial charge on any atom is 0.115 e. The van der Waals surface area contributed by atoms with Crippen LogP contribution in [0.5, 0.6) is 5.75 Å². The van der Waals surface area contributed by atoms with Gasteiger partial charge in [0.1, 0.15) is 5.75 Å². The molecule has 0 aromatic heterocycles. The van der Waals surface area contributed by atoms with E-state index in [4.69, 9.17) is 0 Å². The maximum absolute atomic E-state index is 9.91. The third kappa shape index (κ3) is 3.92.